The number of aliphatic imine (C=N–C) groups is 1. The van der Waals surface area contributed by atoms with Crippen LogP contribution in [-0.4, -0.2) is 43.8 Å². The average Bonchev–Trinajstić information content (AvgIpc) is 2.87. The van der Waals surface area contributed by atoms with Crippen LogP contribution in [-0.2, 0) is 0 Å². The molecule has 0 saturated carbocycles. The zero-order chi connectivity index (χ0) is 13.4. The molecule has 1 saturated heterocycles. The van der Waals surface area contributed by atoms with E-state index in [0.29, 0.717) is 22.7 Å². The van der Waals surface area contributed by atoms with E-state index in [9.17, 15) is 4.79 Å². The quantitative estimate of drug-likeness (QED) is 0.817. The van der Waals surface area contributed by atoms with E-state index in [-0.39, 0.29) is 11.9 Å². The molecule has 2 heterocycles. The highest BCUT2D eigenvalue weighted by molar-refractivity contribution is 6.03. The van der Waals surface area contributed by atoms with Crippen molar-refractivity contribution in [2.45, 2.75) is 18.9 Å². The van der Waals surface area contributed by atoms with Crippen LogP contribution in [0.4, 0.5) is 5.69 Å². The van der Waals surface area contributed by atoms with Crippen LogP contribution in [0.3, 0.4) is 0 Å². The van der Waals surface area contributed by atoms with E-state index in [4.69, 9.17) is 9.47 Å². The second kappa shape index (κ2) is 4.57. The summed E-state index contributed by atoms with van der Waals surface area (Å²) in [4.78, 5) is 18.9. The molecule has 100 valence electrons. The zero-order valence-electron chi connectivity index (χ0n) is 11.0. The van der Waals surface area contributed by atoms with E-state index in [1.165, 1.54) is 0 Å². The predicted molar refractivity (Wildman–Crippen MR) is 71.8 cm³/mol. The van der Waals surface area contributed by atoms with Crippen molar-refractivity contribution in [3.05, 3.63) is 17.7 Å². The number of methoxy groups -OCH3 is 2. The van der Waals surface area contributed by atoms with Crippen molar-refractivity contribution in [2.75, 3.05) is 20.8 Å². The molecular weight excluding hydrogens is 244 g/mol. The summed E-state index contributed by atoms with van der Waals surface area (Å²) in [5, 5.41) is 0. The molecule has 1 fully saturated rings. The SMILES string of the molecule is COc1cc2c(cc1OC)C(=O)N1CCC[C@@H]1C=N2. The Morgan fingerprint density at radius 2 is 2.00 bits per heavy atom. The summed E-state index contributed by atoms with van der Waals surface area (Å²) in [5.41, 5.74) is 1.23. The first-order valence-corrected chi connectivity index (χ1v) is 6.35. The number of fused-ring (bicyclic) bond motifs is 2. The first-order valence-electron chi connectivity index (χ1n) is 6.35. The smallest absolute Gasteiger partial charge is 0.256 e. The third-order valence-electron chi connectivity index (χ3n) is 3.68. The van der Waals surface area contributed by atoms with Gasteiger partial charge < -0.3 is 14.4 Å². The van der Waals surface area contributed by atoms with Gasteiger partial charge in [0.05, 0.1) is 31.5 Å². The lowest BCUT2D eigenvalue weighted by Crippen LogP contribution is -2.35. The van der Waals surface area contributed by atoms with Gasteiger partial charge in [0.2, 0.25) is 0 Å². The van der Waals surface area contributed by atoms with Gasteiger partial charge >= 0.3 is 0 Å². The van der Waals surface area contributed by atoms with Gasteiger partial charge in [0.15, 0.2) is 11.5 Å². The monoisotopic (exact) mass is 260 g/mol. The molecule has 0 N–H and O–H groups in total. The minimum Gasteiger partial charge on any atom is -0.493 e. The Labute approximate surface area is 111 Å². The van der Waals surface area contributed by atoms with E-state index in [0.717, 1.165) is 19.4 Å². The topological polar surface area (TPSA) is 51.1 Å². The molecule has 0 bridgehead atoms. The van der Waals surface area contributed by atoms with Crippen LogP contribution in [0, 0.1) is 0 Å². The summed E-state index contributed by atoms with van der Waals surface area (Å²) in [6, 6.07) is 3.59. The molecule has 0 aromatic heterocycles. The summed E-state index contributed by atoms with van der Waals surface area (Å²) in [6.45, 7) is 0.795. The maximum absolute atomic E-state index is 12.5. The lowest BCUT2D eigenvalue weighted by Gasteiger charge is -2.20. The molecule has 0 unspecified atom stereocenters. The average molecular weight is 260 g/mol. The first kappa shape index (κ1) is 12.0. The molecular formula is C14H16N2O3. The molecule has 1 aromatic carbocycles. The van der Waals surface area contributed by atoms with Crippen molar-refractivity contribution in [3.63, 3.8) is 0 Å². The number of benzene rings is 1. The number of carbonyl (C=O) groups is 1. The number of carbonyl (C=O) groups excluding carboxylic acids is 1. The van der Waals surface area contributed by atoms with Gasteiger partial charge in [-0.05, 0) is 18.9 Å². The van der Waals surface area contributed by atoms with Crippen LogP contribution < -0.4 is 9.47 Å². The van der Waals surface area contributed by atoms with Gasteiger partial charge in [-0.15, -0.1) is 0 Å². The van der Waals surface area contributed by atoms with Crippen LogP contribution >= 0.6 is 0 Å². The second-order valence-electron chi connectivity index (χ2n) is 4.71. The largest absolute Gasteiger partial charge is 0.493 e. The lowest BCUT2D eigenvalue weighted by molar-refractivity contribution is 0.0774. The maximum Gasteiger partial charge on any atom is 0.256 e. The molecule has 0 radical (unpaired) electrons. The van der Waals surface area contributed by atoms with Crippen LogP contribution in [0.25, 0.3) is 0 Å². The fourth-order valence-electron chi connectivity index (χ4n) is 2.67. The Hall–Kier alpha value is -2.04. The third kappa shape index (κ3) is 1.85. The van der Waals surface area contributed by atoms with Crippen LogP contribution in [0.15, 0.2) is 17.1 Å². The Bertz CT molecular complexity index is 554. The van der Waals surface area contributed by atoms with Crippen molar-refractivity contribution in [2.24, 2.45) is 4.99 Å². The van der Waals surface area contributed by atoms with Crippen molar-refractivity contribution < 1.29 is 14.3 Å². The predicted octanol–water partition coefficient (Wildman–Crippen LogP) is 2.02. The van der Waals surface area contributed by atoms with Crippen molar-refractivity contribution in [1.29, 1.82) is 0 Å². The number of rotatable bonds is 2. The van der Waals surface area contributed by atoms with Gasteiger partial charge in [-0.3, -0.25) is 9.79 Å². The number of ether oxygens (including phenoxy) is 2. The van der Waals surface area contributed by atoms with Gasteiger partial charge in [0.25, 0.3) is 5.91 Å². The summed E-state index contributed by atoms with van der Waals surface area (Å²) < 4.78 is 10.5. The second-order valence-corrected chi connectivity index (χ2v) is 4.71. The summed E-state index contributed by atoms with van der Waals surface area (Å²) in [6.07, 6.45) is 3.88. The fraction of sp³-hybridized carbons (Fsp3) is 0.429. The van der Waals surface area contributed by atoms with Gasteiger partial charge in [0.1, 0.15) is 0 Å². The van der Waals surface area contributed by atoms with E-state index < -0.39 is 0 Å². The molecule has 5 nitrogen and oxygen atoms in total. The van der Waals surface area contributed by atoms with Crippen LogP contribution in [0.2, 0.25) is 0 Å². The third-order valence-corrected chi connectivity index (χ3v) is 3.68. The Kier molecular flexibility index (Phi) is 2.89. The molecule has 5 heteroatoms. The van der Waals surface area contributed by atoms with Crippen LogP contribution in [0.5, 0.6) is 11.5 Å². The molecule has 1 atom stereocenters. The molecule has 2 aliphatic heterocycles. The summed E-state index contributed by atoms with van der Waals surface area (Å²) in [7, 11) is 3.14. The van der Waals surface area contributed by atoms with Gasteiger partial charge in [0, 0.05) is 18.8 Å². The van der Waals surface area contributed by atoms with Crippen LogP contribution in [0.1, 0.15) is 23.2 Å². The van der Waals surface area contributed by atoms with E-state index >= 15 is 0 Å². The number of nitrogens with zero attached hydrogens (tertiary/aromatic N) is 2. The number of hydrogen-bond donors (Lipinski definition) is 0. The lowest BCUT2D eigenvalue weighted by atomic mass is 10.1. The Morgan fingerprint density at radius 3 is 2.74 bits per heavy atom. The van der Waals surface area contributed by atoms with E-state index in [2.05, 4.69) is 4.99 Å². The Balaban J connectivity index is 2.12. The minimum atomic E-state index is 0.0240. The molecule has 0 spiro atoms. The molecule has 19 heavy (non-hydrogen) atoms. The van der Waals surface area contributed by atoms with Crippen molar-refractivity contribution >= 4 is 17.8 Å². The zero-order valence-corrected chi connectivity index (χ0v) is 11.0. The van der Waals surface area contributed by atoms with Crippen molar-refractivity contribution in [3.8, 4) is 11.5 Å². The van der Waals surface area contributed by atoms with Gasteiger partial charge in [-0.1, -0.05) is 0 Å². The van der Waals surface area contributed by atoms with Gasteiger partial charge in [-0.25, -0.2) is 0 Å². The first-order chi connectivity index (χ1) is 9.24. The highest BCUT2D eigenvalue weighted by Crippen LogP contribution is 2.37. The number of hydrogen-bond acceptors (Lipinski definition) is 4. The molecule has 2 aliphatic rings. The standard InChI is InChI=1S/C14H16N2O3/c1-18-12-6-10-11(7-13(12)19-2)15-8-9-4-3-5-16(9)14(10)17/h6-9H,3-5H2,1-2H3/t9-/m1/s1. The summed E-state index contributed by atoms with van der Waals surface area (Å²) in [5.74, 6) is 1.17. The molecule has 0 aliphatic carbocycles. The Morgan fingerprint density at radius 1 is 1.26 bits per heavy atom. The normalized spacial score (nSPS) is 20.8. The highest BCUT2D eigenvalue weighted by atomic mass is 16.5. The highest BCUT2D eigenvalue weighted by Gasteiger charge is 2.32. The molecule has 1 amide bonds. The molecule has 1 aromatic rings. The number of amides is 1. The van der Waals surface area contributed by atoms with E-state index in [1.54, 1.807) is 26.4 Å². The fourth-order valence-corrected chi connectivity index (χ4v) is 2.67. The molecule has 3 rings (SSSR count). The summed E-state index contributed by atoms with van der Waals surface area (Å²) >= 11 is 0. The minimum absolute atomic E-state index is 0.0240. The van der Waals surface area contributed by atoms with Crippen molar-refractivity contribution in [1.82, 2.24) is 4.90 Å². The van der Waals surface area contributed by atoms with Gasteiger partial charge in [-0.2, -0.15) is 0 Å². The van der Waals surface area contributed by atoms with E-state index in [1.807, 2.05) is 11.1 Å². The maximum atomic E-state index is 12.5.